The highest BCUT2D eigenvalue weighted by atomic mass is 16.5. The molecule has 0 saturated heterocycles. The molecule has 0 spiro atoms. The van der Waals surface area contributed by atoms with Gasteiger partial charge in [0.1, 0.15) is 12.6 Å². The van der Waals surface area contributed by atoms with Crippen LogP contribution in [0.4, 0.5) is 4.79 Å². The summed E-state index contributed by atoms with van der Waals surface area (Å²) in [6.07, 6.45) is 1.14. The van der Waals surface area contributed by atoms with E-state index in [1.807, 2.05) is 36.4 Å². The second kappa shape index (κ2) is 10.7. The molecule has 0 radical (unpaired) electrons. The van der Waals surface area contributed by atoms with Gasteiger partial charge in [0.15, 0.2) is 0 Å². The van der Waals surface area contributed by atoms with Crippen LogP contribution in [0.3, 0.4) is 0 Å². The Labute approximate surface area is 198 Å². The molecule has 0 aromatic heterocycles. The Morgan fingerprint density at radius 1 is 1.06 bits per heavy atom. The SMILES string of the molecule is COCCC(NC(=O)OCC1c2ccccc2-c2ccccc21)C(=O)N(CCC(=O)O)C1CC1. The Morgan fingerprint density at radius 3 is 2.24 bits per heavy atom. The molecule has 2 aromatic carbocycles. The fourth-order valence-corrected chi connectivity index (χ4v) is 4.55. The van der Waals surface area contributed by atoms with Crippen molar-refractivity contribution in [3.8, 4) is 11.1 Å². The van der Waals surface area contributed by atoms with Crippen molar-refractivity contribution in [1.82, 2.24) is 10.2 Å². The maximum absolute atomic E-state index is 13.2. The lowest BCUT2D eigenvalue weighted by Crippen LogP contribution is -2.50. The number of methoxy groups -OCH3 is 1. The number of hydrogen-bond donors (Lipinski definition) is 2. The number of hydrogen-bond acceptors (Lipinski definition) is 5. The van der Waals surface area contributed by atoms with E-state index >= 15 is 0 Å². The number of fused-ring (bicyclic) bond motifs is 3. The zero-order chi connectivity index (χ0) is 24.1. The molecule has 1 atom stereocenters. The molecule has 2 aliphatic rings. The number of aliphatic carboxylic acids is 1. The molecule has 2 N–H and O–H groups in total. The zero-order valence-electron chi connectivity index (χ0n) is 19.2. The van der Waals surface area contributed by atoms with Crippen LogP contribution >= 0.6 is 0 Å². The summed E-state index contributed by atoms with van der Waals surface area (Å²) in [5.74, 6) is -1.34. The number of amides is 2. The average molecular weight is 467 g/mol. The quantitative estimate of drug-likeness (QED) is 0.526. The van der Waals surface area contributed by atoms with Crippen LogP contribution in [-0.4, -0.2) is 66.9 Å². The maximum Gasteiger partial charge on any atom is 0.407 e. The summed E-state index contributed by atoms with van der Waals surface area (Å²) in [6, 6.07) is 15.3. The van der Waals surface area contributed by atoms with Gasteiger partial charge in [0.25, 0.3) is 0 Å². The molecule has 0 heterocycles. The van der Waals surface area contributed by atoms with Crippen molar-refractivity contribution in [2.24, 2.45) is 0 Å². The Hall–Kier alpha value is -3.39. The molecule has 1 unspecified atom stereocenters. The maximum atomic E-state index is 13.2. The van der Waals surface area contributed by atoms with Crippen molar-refractivity contribution in [2.45, 2.75) is 43.7 Å². The minimum atomic E-state index is -0.962. The van der Waals surface area contributed by atoms with Crippen molar-refractivity contribution >= 4 is 18.0 Å². The summed E-state index contributed by atoms with van der Waals surface area (Å²) in [5, 5.41) is 11.7. The van der Waals surface area contributed by atoms with Gasteiger partial charge in [0.2, 0.25) is 5.91 Å². The molecule has 0 aliphatic heterocycles. The lowest BCUT2D eigenvalue weighted by Gasteiger charge is -2.27. The van der Waals surface area contributed by atoms with Crippen molar-refractivity contribution in [3.63, 3.8) is 0 Å². The van der Waals surface area contributed by atoms with E-state index in [1.165, 1.54) is 7.11 Å². The highest BCUT2D eigenvalue weighted by Gasteiger charge is 2.37. The third-order valence-corrected chi connectivity index (χ3v) is 6.38. The lowest BCUT2D eigenvalue weighted by molar-refractivity contribution is -0.139. The van der Waals surface area contributed by atoms with Crippen molar-refractivity contribution in [3.05, 3.63) is 59.7 Å². The Morgan fingerprint density at radius 2 is 1.68 bits per heavy atom. The Bertz CT molecular complexity index is 1010. The first-order chi connectivity index (χ1) is 16.5. The zero-order valence-corrected chi connectivity index (χ0v) is 19.2. The predicted molar refractivity (Wildman–Crippen MR) is 125 cm³/mol. The molecule has 2 aromatic rings. The van der Waals surface area contributed by atoms with Crippen molar-refractivity contribution < 1.29 is 29.0 Å². The topological polar surface area (TPSA) is 105 Å². The third-order valence-electron chi connectivity index (χ3n) is 6.38. The van der Waals surface area contributed by atoms with Gasteiger partial charge in [-0.15, -0.1) is 0 Å². The van der Waals surface area contributed by atoms with Crippen molar-refractivity contribution in [1.29, 1.82) is 0 Å². The molecular formula is C26H30N2O6. The number of rotatable bonds is 11. The Balaban J connectivity index is 1.41. The normalized spacial score (nSPS) is 15.2. The predicted octanol–water partition coefficient (Wildman–Crippen LogP) is 3.40. The van der Waals surface area contributed by atoms with Gasteiger partial charge in [-0.05, 0) is 35.1 Å². The Kier molecular flexibility index (Phi) is 7.47. The minimum absolute atomic E-state index is 0.0289. The van der Waals surface area contributed by atoms with Crippen LogP contribution in [0.2, 0.25) is 0 Å². The summed E-state index contributed by atoms with van der Waals surface area (Å²) in [4.78, 5) is 38.5. The van der Waals surface area contributed by atoms with Gasteiger partial charge in [-0.25, -0.2) is 4.79 Å². The van der Waals surface area contributed by atoms with E-state index in [-0.39, 0.29) is 50.5 Å². The summed E-state index contributed by atoms with van der Waals surface area (Å²) in [7, 11) is 1.53. The van der Waals surface area contributed by atoms with E-state index in [1.54, 1.807) is 4.90 Å². The summed E-state index contributed by atoms with van der Waals surface area (Å²) in [5.41, 5.74) is 4.49. The molecule has 180 valence electrons. The third kappa shape index (κ3) is 5.39. The molecule has 2 aliphatic carbocycles. The summed E-state index contributed by atoms with van der Waals surface area (Å²) >= 11 is 0. The van der Waals surface area contributed by atoms with E-state index in [9.17, 15) is 14.4 Å². The number of carboxylic acid groups (broad SMARTS) is 1. The molecule has 8 nitrogen and oxygen atoms in total. The first kappa shape index (κ1) is 23.8. The van der Waals surface area contributed by atoms with E-state index < -0.39 is 18.1 Å². The molecule has 0 bridgehead atoms. The van der Waals surface area contributed by atoms with Crippen molar-refractivity contribution in [2.75, 3.05) is 26.9 Å². The largest absolute Gasteiger partial charge is 0.481 e. The summed E-state index contributed by atoms with van der Waals surface area (Å²) in [6.45, 7) is 0.544. The van der Waals surface area contributed by atoms with Gasteiger partial charge in [-0.2, -0.15) is 0 Å². The van der Waals surface area contributed by atoms with Gasteiger partial charge >= 0.3 is 12.1 Å². The van der Waals surface area contributed by atoms with Gasteiger partial charge in [-0.1, -0.05) is 48.5 Å². The van der Waals surface area contributed by atoms with Gasteiger partial charge < -0.3 is 24.8 Å². The fraction of sp³-hybridized carbons (Fsp3) is 0.423. The number of carbonyl (C=O) groups excluding carboxylic acids is 2. The molecule has 4 rings (SSSR count). The van der Waals surface area contributed by atoms with Gasteiger partial charge in [0.05, 0.1) is 6.42 Å². The van der Waals surface area contributed by atoms with Crippen LogP contribution in [0.15, 0.2) is 48.5 Å². The second-order valence-corrected chi connectivity index (χ2v) is 8.71. The van der Waals surface area contributed by atoms with Crippen LogP contribution in [0.5, 0.6) is 0 Å². The highest BCUT2D eigenvalue weighted by Crippen LogP contribution is 2.44. The number of carbonyl (C=O) groups is 3. The summed E-state index contributed by atoms with van der Waals surface area (Å²) < 4.78 is 10.7. The minimum Gasteiger partial charge on any atom is -0.481 e. The lowest BCUT2D eigenvalue weighted by atomic mass is 9.98. The fourth-order valence-electron chi connectivity index (χ4n) is 4.55. The van der Waals surface area contributed by atoms with E-state index in [0.29, 0.717) is 0 Å². The number of carboxylic acids is 1. The number of nitrogens with zero attached hydrogens (tertiary/aromatic N) is 1. The van der Waals surface area contributed by atoms with E-state index in [0.717, 1.165) is 35.1 Å². The molecule has 8 heteroatoms. The van der Waals surface area contributed by atoms with Crippen LogP contribution in [0, 0.1) is 0 Å². The number of ether oxygens (including phenoxy) is 2. The van der Waals surface area contributed by atoms with Crippen LogP contribution in [-0.2, 0) is 19.1 Å². The monoisotopic (exact) mass is 466 g/mol. The van der Waals surface area contributed by atoms with E-state index in [2.05, 4.69) is 17.4 Å². The molecule has 1 fully saturated rings. The molecule has 1 saturated carbocycles. The highest BCUT2D eigenvalue weighted by molar-refractivity contribution is 5.86. The number of nitrogens with one attached hydrogen (secondary N) is 1. The first-order valence-corrected chi connectivity index (χ1v) is 11.6. The second-order valence-electron chi connectivity index (χ2n) is 8.71. The van der Waals surface area contributed by atoms with Crippen LogP contribution < -0.4 is 5.32 Å². The standard InChI is InChI=1S/C26H30N2O6/c1-33-15-13-23(25(31)28(17-10-11-17)14-12-24(29)30)27-26(32)34-16-22-20-8-4-2-6-18(20)19-7-3-5-9-21(19)22/h2-9,17,22-23H,10-16H2,1H3,(H,27,32)(H,29,30). The molecule has 2 amide bonds. The first-order valence-electron chi connectivity index (χ1n) is 11.6. The molecule has 34 heavy (non-hydrogen) atoms. The number of alkyl carbamates (subject to hydrolysis) is 1. The van der Waals surface area contributed by atoms with Gasteiger partial charge in [0, 0.05) is 38.6 Å². The van der Waals surface area contributed by atoms with E-state index in [4.69, 9.17) is 14.6 Å². The average Bonchev–Trinajstić information content (AvgIpc) is 3.62. The molecular weight excluding hydrogens is 436 g/mol. The van der Waals surface area contributed by atoms with Crippen LogP contribution in [0.25, 0.3) is 11.1 Å². The van der Waals surface area contributed by atoms with Gasteiger partial charge in [-0.3, -0.25) is 9.59 Å². The number of benzene rings is 2. The smallest absolute Gasteiger partial charge is 0.407 e. The van der Waals surface area contributed by atoms with Crippen LogP contribution in [0.1, 0.15) is 42.7 Å².